The SMILES string of the molecule is Cn1ccc(CC(O)C2CC2)n1. The fourth-order valence-corrected chi connectivity index (χ4v) is 1.43. The van der Waals surface area contributed by atoms with Gasteiger partial charge in [-0.25, -0.2) is 0 Å². The van der Waals surface area contributed by atoms with E-state index in [9.17, 15) is 5.11 Å². The quantitative estimate of drug-likeness (QED) is 0.719. The number of hydrogen-bond donors (Lipinski definition) is 1. The molecule has 1 N–H and O–H groups in total. The predicted molar refractivity (Wildman–Crippen MR) is 45.6 cm³/mol. The first-order valence-corrected chi connectivity index (χ1v) is 4.42. The molecule has 1 atom stereocenters. The number of aromatic nitrogens is 2. The summed E-state index contributed by atoms with van der Waals surface area (Å²) in [5.74, 6) is 0.548. The van der Waals surface area contributed by atoms with Crippen molar-refractivity contribution in [2.45, 2.75) is 25.4 Å². The van der Waals surface area contributed by atoms with Gasteiger partial charge in [0.15, 0.2) is 0 Å². The summed E-state index contributed by atoms with van der Waals surface area (Å²) in [6, 6.07) is 1.96. The molecule has 12 heavy (non-hydrogen) atoms. The highest BCUT2D eigenvalue weighted by atomic mass is 16.3. The third-order valence-corrected chi connectivity index (χ3v) is 2.35. The van der Waals surface area contributed by atoms with Crippen molar-refractivity contribution in [3.8, 4) is 0 Å². The summed E-state index contributed by atoms with van der Waals surface area (Å²) in [4.78, 5) is 0. The number of nitrogens with zero attached hydrogens (tertiary/aromatic N) is 2. The molecule has 0 aliphatic heterocycles. The molecule has 1 saturated carbocycles. The van der Waals surface area contributed by atoms with Crippen LogP contribution in [0.15, 0.2) is 12.3 Å². The van der Waals surface area contributed by atoms with Crippen LogP contribution in [0.4, 0.5) is 0 Å². The van der Waals surface area contributed by atoms with Gasteiger partial charge < -0.3 is 5.11 Å². The van der Waals surface area contributed by atoms with Crippen LogP contribution in [0.2, 0.25) is 0 Å². The van der Waals surface area contributed by atoms with E-state index in [1.165, 1.54) is 12.8 Å². The second kappa shape index (κ2) is 2.90. The zero-order valence-electron chi connectivity index (χ0n) is 7.27. The molecule has 0 amide bonds. The highest BCUT2D eigenvalue weighted by Gasteiger charge is 2.29. The number of aliphatic hydroxyl groups is 1. The predicted octanol–water partition coefficient (Wildman–Crippen LogP) is 0.733. The molecule has 1 unspecified atom stereocenters. The molecule has 0 saturated heterocycles. The molecule has 1 heterocycles. The maximum Gasteiger partial charge on any atom is 0.0650 e. The Kier molecular flexibility index (Phi) is 1.89. The van der Waals surface area contributed by atoms with Crippen molar-refractivity contribution in [1.82, 2.24) is 9.78 Å². The number of hydrogen-bond acceptors (Lipinski definition) is 2. The van der Waals surface area contributed by atoms with Crippen molar-refractivity contribution in [2.75, 3.05) is 0 Å². The average Bonchev–Trinajstić information content (AvgIpc) is 2.78. The minimum Gasteiger partial charge on any atom is -0.392 e. The molecule has 0 aromatic carbocycles. The number of rotatable bonds is 3. The summed E-state index contributed by atoms with van der Waals surface area (Å²) in [7, 11) is 1.90. The summed E-state index contributed by atoms with van der Waals surface area (Å²) in [6.45, 7) is 0. The fraction of sp³-hybridized carbons (Fsp3) is 0.667. The Labute approximate surface area is 72.0 Å². The lowest BCUT2D eigenvalue weighted by Crippen LogP contribution is -2.13. The van der Waals surface area contributed by atoms with Crippen molar-refractivity contribution in [1.29, 1.82) is 0 Å². The van der Waals surface area contributed by atoms with Crippen molar-refractivity contribution in [3.05, 3.63) is 18.0 Å². The van der Waals surface area contributed by atoms with Gasteiger partial charge >= 0.3 is 0 Å². The van der Waals surface area contributed by atoms with Crippen molar-refractivity contribution in [2.24, 2.45) is 13.0 Å². The molecular formula is C9H14N2O. The standard InChI is InChI=1S/C9H14N2O/c1-11-5-4-8(10-11)6-9(12)7-2-3-7/h4-5,7,9,12H,2-3,6H2,1H3. The van der Waals surface area contributed by atoms with Crippen LogP contribution in [0.5, 0.6) is 0 Å². The lowest BCUT2D eigenvalue weighted by molar-refractivity contribution is 0.150. The van der Waals surface area contributed by atoms with Gasteiger partial charge in [-0.05, 0) is 24.8 Å². The maximum absolute atomic E-state index is 9.60. The van der Waals surface area contributed by atoms with Gasteiger partial charge in [-0.15, -0.1) is 0 Å². The molecule has 1 aliphatic rings. The minimum atomic E-state index is -0.167. The molecule has 3 nitrogen and oxygen atoms in total. The molecule has 1 fully saturated rings. The molecular weight excluding hydrogens is 152 g/mol. The van der Waals surface area contributed by atoms with Gasteiger partial charge in [-0.3, -0.25) is 4.68 Å². The lowest BCUT2D eigenvalue weighted by atomic mass is 10.1. The molecule has 0 spiro atoms. The van der Waals surface area contributed by atoms with Crippen LogP contribution in [0.1, 0.15) is 18.5 Å². The molecule has 1 aromatic rings. The van der Waals surface area contributed by atoms with Gasteiger partial charge in [-0.2, -0.15) is 5.10 Å². The van der Waals surface area contributed by atoms with Gasteiger partial charge in [0, 0.05) is 19.7 Å². The Morgan fingerprint density at radius 1 is 1.75 bits per heavy atom. The van der Waals surface area contributed by atoms with Crippen LogP contribution >= 0.6 is 0 Å². The van der Waals surface area contributed by atoms with E-state index in [1.54, 1.807) is 4.68 Å². The first-order chi connectivity index (χ1) is 5.75. The van der Waals surface area contributed by atoms with Crippen LogP contribution in [-0.2, 0) is 13.5 Å². The van der Waals surface area contributed by atoms with Gasteiger partial charge in [-0.1, -0.05) is 0 Å². The van der Waals surface area contributed by atoms with E-state index >= 15 is 0 Å². The molecule has 0 bridgehead atoms. The second-order valence-electron chi connectivity index (χ2n) is 3.59. The maximum atomic E-state index is 9.60. The third-order valence-electron chi connectivity index (χ3n) is 2.35. The average molecular weight is 166 g/mol. The Bertz CT molecular complexity index is 265. The Morgan fingerprint density at radius 2 is 2.50 bits per heavy atom. The van der Waals surface area contributed by atoms with Crippen molar-refractivity contribution in [3.63, 3.8) is 0 Å². The van der Waals surface area contributed by atoms with Crippen molar-refractivity contribution >= 4 is 0 Å². The van der Waals surface area contributed by atoms with E-state index in [2.05, 4.69) is 5.10 Å². The fourth-order valence-electron chi connectivity index (χ4n) is 1.43. The first-order valence-electron chi connectivity index (χ1n) is 4.42. The molecule has 1 aliphatic carbocycles. The highest BCUT2D eigenvalue weighted by Crippen LogP contribution is 2.33. The zero-order valence-corrected chi connectivity index (χ0v) is 7.27. The van der Waals surface area contributed by atoms with E-state index < -0.39 is 0 Å². The molecule has 2 rings (SSSR count). The molecule has 66 valence electrons. The van der Waals surface area contributed by atoms with Crippen LogP contribution in [0.3, 0.4) is 0 Å². The lowest BCUT2D eigenvalue weighted by Gasteiger charge is -2.05. The van der Waals surface area contributed by atoms with Crippen molar-refractivity contribution < 1.29 is 5.11 Å². The molecule has 0 radical (unpaired) electrons. The topological polar surface area (TPSA) is 38.0 Å². The van der Waals surface area contributed by atoms with Crippen LogP contribution in [-0.4, -0.2) is 21.0 Å². The van der Waals surface area contributed by atoms with E-state index in [0.29, 0.717) is 12.3 Å². The number of aliphatic hydroxyl groups excluding tert-OH is 1. The van der Waals surface area contributed by atoms with Crippen LogP contribution in [0, 0.1) is 5.92 Å². The molecule has 1 aromatic heterocycles. The summed E-state index contributed by atoms with van der Waals surface area (Å²) in [5, 5.41) is 13.8. The van der Waals surface area contributed by atoms with E-state index in [-0.39, 0.29) is 6.10 Å². The van der Waals surface area contributed by atoms with Gasteiger partial charge in [0.25, 0.3) is 0 Å². The second-order valence-corrected chi connectivity index (χ2v) is 3.59. The molecule has 3 heteroatoms. The smallest absolute Gasteiger partial charge is 0.0650 e. The Balaban J connectivity index is 1.93. The largest absolute Gasteiger partial charge is 0.392 e. The zero-order chi connectivity index (χ0) is 8.55. The third kappa shape index (κ3) is 1.67. The summed E-state index contributed by atoms with van der Waals surface area (Å²) in [5.41, 5.74) is 0.997. The van der Waals surface area contributed by atoms with Gasteiger partial charge in [0.05, 0.1) is 11.8 Å². The summed E-state index contributed by atoms with van der Waals surface area (Å²) < 4.78 is 1.77. The van der Waals surface area contributed by atoms with Gasteiger partial charge in [0.1, 0.15) is 0 Å². The van der Waals surface area contributed by atoms with Crippen LogP contribution in [0.25, 0.3) is 0 Å². The van der Waals surface area contributed by atoms with Gasteiger partial charge in [0.2, 0.25) is 0 Å². The minimum absolute atomic E-state index is 0.167. The van der Waals surface area contributed by atoms with E-state index in [4.69, 9.17) is 0 Å². The highest BCUT2D eigenvalue weighted by molar-refractivity contribution is 5.02. The van der Waals surface area contributed by atoms with E-state index in [1.807, 2.05) is 19.3 Å². The summed E-state index contributed by atoms with van der Waals surface area (Å²) in [6.07, 6.45) is 4.84. The monoisotopic (exact) mass is 166 g/mol. The van der Waals surface area contributed by atoms with Crippen LogP contribution < -0.4 is 0 Å². The Hall–Kier alpha value is -0.830. The summed E-state index contributed by atoms with van der Waals surface area (Å²) >= 11 is 0. The first kappa shape index (κ1) is 7.80. The van der Waals surface area contributed by atoms with E-state index in [0.717, 1.165) is 5.69 Å². The Morgan fingerprint density at radius 3 is 3.00 bits per heavy atom. The normalized spacial score (nSPS) is 19.5. The number of aryl methyl sites for hydroxylation is 1.